The van der Waals surface area contributed by atoms with E-state index in [9.17, 15) is 8.42 Å². The summed E-state index contributed by atoms with van der Waals surface area (Å²) in [6.45, 7) is 1.34. The molecule has 2 aromatic carbocycles. The highest BCUT2D eigenvalue weighted by molar-refractivity contribution is 7.90. The summed E-state index contributed by atoms with van der Waals surface area (Å²) in [5, 5.41) is 3.29. The first kappa shape index (κ1) is 18.0. The van der Waals surface area contributed by atoms with E-state index in [1.165, 1.54) is 11.8 Å². The average Bonchev–Trinajstić information content (AvgIpc) is 2.56. The van der Waals surface area contributed by atoms with Crippen LogP contribution in [0.25, 0.3) is 0 Å². The maximum atomic E-state index is 11.5. The Morgan fingerprint density at radius 3 is 2.21 bits per heavy atom. The summed E-state index contributed by atoms with van der Waals surface area (Å²) in [5.41, 5.74) is 2.21. The third kappa shape index (κ3) is 5.09. The van der Waals surface area contributed by atoms with Gasteiger partial charge in [-0.25, -0.2) is 8.42 Å². The number of hydrogen-bond donors (Lipinski definition) is 1. The standard InChI is InChI=1S/C18H23N3O2S/c1-19-18(21(2)14-16-7-5-4-6-8-16)20-13-15-9-11-17(12-10-15)24(3,22)23/h4-12H,13-14H2,1-3H3,(H,19,20). The van der Waals surface area contributed by atoms with Gasteiger partial charge in [0.05, 0.1) is 4.90 Å². The van der Waals surface area contributed by atoms with Crippen LogP contribution in [-0.2, 0) is 22.9 Å². The van der Waals surface area contributed by atoms with Crippen molar-refractivity contribution in [1.29, 1.82) is 0 Å². The van der Waals surface area contributed by atoms with Crippen molar-refractivity contribution in [2.75, 3.05) is 20.4 Å². The molecule has 0 aliphatic rings. The van der Waals surface area contributed by atoms with Crippen molar-refractivity contribution in [3.63, 3.8) is 0 Å². The predicted octanol–water partition coefficient (Wildman–Crippen LogP) is 2.30. The quantitative estimate of drug-likeness (QED) is 0.667. The van der Waals surface area contributed by atoms with Crippen molar-refractivity contribution < 1.29 is 8.42 Å². The zero-order chi connectivity index (χ0) is 17.6. The van der Waals surface area contributed by atoms with Crippen LogP contribution < -0.4 is 5.32 Å². The van der Waals surface area contributed by atoms with Gasteiger partial charge < -0.3 is 10.2 Å². The lowest BCUT2D eigenvalue weighted by atomic mass is 10.2. The Morgan fingerprint density at radius 1 is 1.04 bits per heavy atom. The topological polar surface area (TPSA) is 61.8 Å². The summed E-state index contributed by atoms with van der Waals surface area (Å²) >= 11 is 0. The molecule has 0 spiro atoms. The minimum absolute atomic E-state index is 0.330. The van der Waals surface area contributed by atoms with Crippen molar-refractivity contribution in [1.82, 2.24) is 10.2 Å². The summed E-state index contributed by atoms with van der Waals surface area (Å²) in [7, 11) is 0.572. The lowest BCUT2D eigenvalue weighted by Crippen LogP contribution is -2.38. The van der Waals surface area contributed by atoms with Crippen molar-refractivity contribution in [2.24, 2.45) is 4.99 Å². The van der Waals surface area contributed by atoms with E-state index in [-0.39, 0.29) is 0 Å². The largest absolute Gasteiger partial charge is 0.352 e. The normalized spacial score (nSPS) is 12.0. The molecule has 128 valence electrons. The molecule has 0 unspecified atom stereocenters. The van der Waals surface area contributed by atoms with E-state index >= 15 is 0 Å². The van der Waals surface area contributed by atoms with Gasteiger partial charge in [0.25, 0.3) is 0 Å². The average molecular weight is 345 g/mol. The van der Waals surface area contributed by atoms with Crippen LogP contribution in [0.5, 0.6) is 0 Å². The smallest absolute Gasteiger partial charge is 0.193 e. The lowest BCUT2D eigenvalue weighted by Gasteiger charge is -2.22. The van der Waals surface area contributed by atoms with E-state index in [1.54, 1.807) is 19.2 Å². The van der Waals surface area contributed by atoms with Crippen LogP contribution in [0.15, 0.2) is 64.5 Å². The van der Waals surface area contributed by atoms with Crippen molar-refractivity contribution >= 4 is 15.8 Å². The number of guanidine groups is 1. The molecule has 0 fully saturated rings. The van der Waals surface area contributed by atoms with E-state index < -0.39 is 9.84 Å². The summed E-state index contributed by atoms with van der Waals surface area (Å²) in [5.74, 6) is 0.783. The molecule has 0 radical (unpaired) electrons. The lowest BCUT2D eigenvalue weighted by molar-refractivity contribution is 0.476. The van der Waals surface area contributed by atoms with Gasteiger partial charge in [0.15, 0.2) is 15.8 Å². The molecular formula is C18H23N3O2S. The maximum Gasteiger partial charge on any atom is 0.193 e. The number of aliphatic imine (C=N–C) groups is 1. The first-order chi connectivity index (χ1) is 11.4. The number of nitrogens with one attached hydrogen (secondary N) is 1. The van der Waals surface area contributed by atoms with Crippen LogP contribution in [0.3, 0.4) is 0 Å². The third-order valence-corrected chi connectivity index (χ3v) is 4.77. The molecule has 0 bridgehead atoms. The van der Waals surface area contributed by atoms with E-state index in [4.69, 9.17) is 0 Å². The van der Waals surface area contributed by atoms with E-state index in [1.807, 2.05) is 42.3 Å². The Labute approximate surface area is 144 Å². The van der Waals surface area contributed by atoms with E-state index in [0.29, 0.717) is 11.4 Å². The Bertz CT molecular complexity index is 785. The van der Waals surface area contributed by atoms with Gasteiger partial charge in [0.2, 0.25) is 0 Å². The monoisotopic (exact) mass is 345 g/mol. The minimum atomic E-state index is -3.16. The van der Waals surface area contributed by atoms with Gasteiger partial charge in [-0.1, -0.05) is 42.5 Å². The molecule has 2 aromatic rings. The highest BCUT2D eigenvalue weighted by Crippen LogP contribution is 2.10. The van der Waals surface area contributed by atoms with E-state index in [2.05, 4.69) is 22.4 Å². The zero-order valence-electron chi connectivity index (χ0n) is 14.2. The van der Waals surface area contributed by atoms with Gasteiger partial charge in [-0.3, -0.25) is 4.99 Å². The number of hydrogen-bond acceptors (Lipinski definition) is 3. The summed E-state index contributed by atoms with van der Waals surface area (Å²) in [6, 6.07) is 17.1. The Balaban J connectivity index is 1.96. The fraction of sp³-hybridized carbons (Fsp3) is 0.278. The van der Waals surface area contributed by atoms with Gasteiger partial charge in [-0.05, 0) is 23.3 Å². The number of rotatable bonds is 5. The van der Waals surface area contributed by atoms with Crippen LogP contribution in [-0.4, -0.2) is 39.6 Å². The Morgan fingerprint density at radius 2 is 1.67 bits per heavy atom. The molecule has 5 nitrogen and oxygen atoms in total. The number of benzene rings is 2. The van der Waals surface area contributed by atoms with Gasteiger partial charge in [0.1, 0.15) is 0 Å². The van der Waals surface area contributed by atoms with Gasteiger partial charge in [-0.2, -0.15) is 0 Å². The Kier molecular flexibility index (Phi) is 5.98. The third-order valence-electron chi connectivity index (χ3n) is 3.64. The molecule has 0 amide bonds. The van der Waals surface area contributed by atoms with Crippen LogP contribution in [0.2, 0.25) is 0 Å². The highest BCUT2D eigenvalue weighted by Gasteiger charge is 2.08. The molecule has 24 heavy (non-hydrogen) atoms. The number of sulfone groups is 1. The highest BCUT2D eigenvalue weighted by atomic mass is 32.2. The molecule has 0 aliphatic carbocycles. The molecule has 2 rings (SSSR count). The second-order valence-electron chi connectivity index (χ2n) is 5.66. The molecule has 6 heteroatoms. The van der Waals surface area contributed by atoms with Crippen LogP contribution in [0.4, 0.5) is 0 Å². The fourth-order valence-corrected chi connectivity index (χ4v) is 2.98. The van der Waals surface area contributed by atoms with Gasteiger partial charge in [-0.15, -0.1) is 0 Å². The fourth-order valence-electron chi connectivity index (χ4n) is 2.35. The second kappa shape index (κ2) is 7.97. The summed E-state index contributed by atoms with van der Waals surface area (Å²) < 4.78 is 23.0. The molecule has 0 atom stereocenters. The SMILES string of the molecule is CN=C(NCc1ccc(S(C)(=O)=O)cc1)N(C)Cc1ccccc1. The van der Waals surface area contributed by atoms with Gasteiger partial charge >= 0.3 is 0 Å². The minimum Gasteiger partial charge on any atom is -0.352 e. The molecule has 0 aromatic heterocycles. The molecule has 0 aliphatic heterocycles. The first-order valence-electron chi connectivity index (χ1n) is 7.65. The molecule has 0 saturated carbocycles. The zero-order valence-corrected chi connectivity index (χ0v) is 15.0. The van der Waals surface area contributed by atoms with Crippen LogP contribution >= 0.6 is 0 Å². The van der Waals surface area contributed by atoms with Crippen LogP contribution in [0.1, 0.15) is 11.1 Å². The second-order valence-corrected chi connectivity index (χ2v) is 7.67. The van der Waals surface area contributed by atoms with Crippen LogP contribution in [0, 0.1) is 0 Å². The molecule has 1 N–H and O–H groups in total. The molecule has 0 heterocycles. The number of nitrogens with zero attached hydrogens (tertiary/aromatic N) is 2. The van der Waals surface area contributed by atoms with Crippen molar-refractivity contribution in [3.05, 3.63) is 65.7 Å². The summed E-state index contributed by atoms with van der Waals surface area (Å²) in [4.78, 5) is 6.66. The molecular weight excluding hydrogens is 322 g/mol. The predicted molar refractivity (Wildman–Crippen MR) is 97.7 cm³/mol. The van der Waals surface area contributed by atoms with E-state index in [0.717, 1.165) is 18.1 Å². The Hall–Kier alpha value is -2.34. The maximum absolute atomic E-state index is 11.5. The van der Waals surface area contributed by atoms with Crippen molar-refractivity contribution in [3.8, 4) is 0 Å². The van der Waals surface area contributed by atoms with Crippen molar-refractivity contribution in [2.45, 2.75) is 18.0 Å². The summed E-state index contributed by atoms with van der Waals surface area (Å²) in [6.07, 6.45) is 1.21. The first-order valence-corrected chi connectivity index (χ1v) is 9.54. The van der Waals surface area contributed by atoms with Gasteiger partial charge in [0, 0.05) is 33.4 Å². The molecule has 0 saturated heterocycles.